The summed E-state index contributed by atoms with van der Waals surface area (Å²) in [5.41, 5.74) is 1.98. The van der Waals surface area contributed by atoms with Crippen molar-refractivity contribution in [2.24, 2.45) is 0 Å². The van der Waals surface area contributed by atoms with Crippen LogP contribution in [-0.4, -0.2) is 35.1 Å². The fraction of sp³-hybridized carbons (Fsp3) is 0. The molecule has 0 saturated heterocycles. The molecule has 0 saturated carbocycles. The lowest BCUT2D eigenvalue weighted by atomic mass is 10.3. The van der Waals surface area contributed by atoms with Crippen LogP contribution in [0.1, 0.15) is 0 Å². The summed E-state index contributed by atoms with van der Waals surface area (Å²) >= 11 is 0. The number of nitrogens with one attached hydrogen (secondary N) is 2. The average Bonchev–Trinajstić information content (AvgIpc) is 2.88. The molecule has 3 rings (SSSR count). The van der Waals surface area contributed by atoms with Crippen LogP contribution in [0.4, 0.5) is 0 Å². The molecule has 7 heteroatoms. The van der Waals surface area contributed by atoms with Crippen LogP contribution in [0.3, 0.4) is 0 Å². The molecule has 0 aliphatic rings. The minimum atomic E-state index is 0.518. The highest BCUT2D eigenvalue weighted by molar-refractivity contribution is 5.83. The molecule has 0 unspecified atom stereocenters. The van der Waals surface area contributed by atoms with E-state index < -0.39 is 0 Å². The van der Waals surface area contributed by atoms with E-state index in [2.05, 4.69) is 35.1 Å². The minimum Gasteiger partial charge on any atom is -0.329 e. The molecule has 0 aliphatic carbocycles. The van der Waals surface area contributed by atoms with Crippen molar-refractivity contribution in [2.45, 2.75) is 0 Å². The lowest BCUT2D eigenvalue weighted by Gasteiger charge is -1.93. The summed E-state index contributed by atoms with van der Waals surface area (Å²) in [6.07, 6.45) is 4.51. The Morgan fingerprint density at radius 1 is 1.00 bits per heavy atom. The molecule has 0 fully saturated rings. The molecule has 68 valence electrons. The van der Waals surface area contributed by atoms with Gasteiger partial charge in [-0.15, -0.1) is 0 Å². The van der Waals surface area contributed by atoms with E-state index in [0.29, 0.717) is 22.7 Å². The molecule has 7 nitrogen and oxygen atoms in total. The average molecular weight is 187 g/mol. The Morgan fingerprint density at radius 2 is 2.00 bits per heavy atom. The first-order chi connectivity index (χ1) is 6.95. The number of fused-ring (bicyclic) bond motifs is 1. The number of imidazole rings is 1. The van der Waals surface area contributed by atoms with Crippen LogP contribution in [0.2, 0.25) is 0 Å². The lowest BCUT2D eigenvalue weighted by Crippen LogP contribution is -1.89. The van der Waals surface area contributed by atoms with Crippen molar-refractivity contribution in [3.8, 4) is 11.5 Å². The molecule has 0 aromatic carbocycles. The second-order valence-electron chi connectivity index (χ2n) is 2.64. The standard InChI is InChI=1S/C7H5N7/c1-8-4-5(7-12-3-13-14-7)9-2-11-6(4)10-1/h1-3H,(H,12,13,14)(H,8,9,10,11). The molecule has 14 heavy (non-hydrogen) atoms. The van der Waals surface area contributed by atoms with Crippen molar-refractivity contribution in [1.29, 1.82) is 0 Å². The van der Waals surface area contributed by atoms with Gasteiger partial charge in [-0.2, -0.15) is 5.10 Å². The maximum absolute atomic E-state index is 4.10. The van der Waals surface area contributed by atoms with Gasteiger partial charge in [-0.25, -0.2) is 19.9 Å². The third kappa shape index (κ3) is 0.889. The zero-order valence-corrected chi connectivity index (χ0v) is 6.97. The highest BCUT2D eigenvalue weighted by atomic mass is 15.2. The van der Waals surface area contributed by atoms with Gasteiger partial charge in [0.25, 0.3) is 0 Å². The van der Waals surface area contributed by atoms with Crippen LogP contribution >= 0.6 is 0 Å². The maximum atomic E-state index is 4.10. The van der Waals surface area contributed by atoms with Crippen molar-refractivity contribution < 1.29 is 0 Å². The third-order valence-electron chi connectivity index (χ3n) is 1.84. The Balaban J connectivity index is 2.36. The van der Waals surface area contributed by atoms with Gasteiger partial charge in [0.2, 0.25) is 5.82 Å². The van der Waals surface area contributed by atoms with E-state index in [9.17, 15) is 0 Å². The number of H-pyrrole nitrogens is 2. The van der Waals surface area contributed by atoms with Crippen LogP contribution < -0.4 is 0 Å². The van der Waals surface area contributed by atoms with Gasteiger partial charge in [-0.3, -0.25) is 5.10 Å². The van der Waals surface area contributed by atoms with Gasteiger partial charge in [0.15, 0.2) is 5.65 Å². The van der Waals surface area contributed by atoms with Gasteiger partial charge < -0.3 is 4.98 Å². The SMILES string of the molecule is c1nc(-c2nc[nH]n2)c2nc[nH]c2n1. The summed E-state index contributed by atoms with van der Waals surface area (Å²) in [6, 6.07) is 0. The zero-order chi connectivity index (χ0) is 9.38. The Kier molecular flexibility index (Phi) is 1.32. The smallest absolute Gasteiger partial charge is 0.201 e. The molecule has 2 N–H and O–H groups in total. The minimum absolute atomic E-state index is 0.518. The number of aromatic amines is 2. The highest BCUT2D eigenvalue weighted by Gasteiger charge is 2.10. The van der Waals surface area contributed by atoms with Crippen LogP contribution in [0, 0.1) is 0 Å². The second kappa shape index (κ2) is 2.59. The second-order valence-corrected chi connectivity index (χ2v) is 2.64. The zero-order valence-electron chi connectivity index (χ0n) is 6.97. The summed E-state index contributed by atoms with van der Waals surface area (Å²) in [5, 5.41) is 6.56. The van der Waals surface area contributed by atoms with Gasteiger partial charge in [0.1, 0.15) is 23.9 Å². The first-order valence-corrected chi connectivity index (χ1v) is 3.95. The summed E-state index contributed by atoms with van der Waals surface area (Å²) in [7, 11) is 0. The third-order valence-corrected chi connectivity index (χ3v) is 1.84. The topological polar surface area (TPSA) is 96.0 Å². The maximum Gasteiger partial charge on any atom is 0.201 e. The van der Waals surface area contributed by atoms with Gasteiger partial charge in [0, 0.05) is 0 Å². The molecule has 0 amide bonds. The number of hydrogen-bond donors (Lipinski definition) is 2. The van der Waals surface area contributed by atoms with Gasteiger partial charge in [-0.1, -0.05) is 0 Å². The van der Waals surface area contributed by atoms with E-state index in [4.69, 9.17) is 0 Å². The van der Waals surface area contributed by atoms with Crippen molar-refractivity contribution >= 4 is 11.2 Å². The van der Waals surface area contributed by atoms with Crippen LogP contribution in [0.25, 0.3) is 22.7 Å². The van der Waals surface area contributed by atoms with E-state index in [0.717, 1.165) is 0 Å². The first-order valence-electron chi connectivity index (χ1n) is 3.95. The predicted octanol–water partition coefficient (Wildman–Crippen LogP) is 0.138. The van der Waals surface area contributed by atoms with E-state index in [1.165, 1.54) is 12.7 Å². The van der Waals surface area contributed by atoms with E-state index in [-0.39, 0.29) is 0 Å². The summed E-state index contributed by atoms with van der Waals surface area (Å²) in [5.74, 6) is 0.518. The quantitative estimate of drug-likeness (QED) is 0.564. The van der Waals surface area contributed by atoms with E-state index >= 15 is 0 Å². The predicted molar refractivity (Wildman–Crippen MR) is 47.1 cm³/mol. The van der Waals surface area contributed by atoms with Crippen molar-refractivity contribution in [1.82, 2.24) is 35.1 Å². The van der Waals surface area contributed by atoms with Crippen molar-refractivity contribution in [3.63, 3.8) is 0 Å². The fourth-order valence-corrected chi connectivity index (χ4v) is 1.25. The van der Waals surface area contributed by atoms with Crippen molar-refractivity contribution in [2.75, 3.05) is 0 Å². The molecule has 0 bridgehead atoms. The summed E-state index contributed by atoms with van der Waals surface area (Å²) in [4.78, 5) is 19.1. The normalized spacial score (nSPS) is 10.9. The molecule has 3 heterocycles. The van der Waals surface area contributed by atoms with E-state index in [1.54, 1.807) is 6.33 Å². The van der Waals surface area contributed by atoms with Crippen LogP contribution in [-0.2, 0) is 0 Å². The Morgan fingerprint density at radius 3 is 2.86 bits per heavy atom. The Bertz CT molecular complexity index is 552. The fourth-order valence-electron chi connectivity index (χ4n) is 1.25. The Hall–Kier alpha value is -2.31. The van der Waals surface area contributed by atoms with Gasteiger partial charge >= 0.3 is 0 Å². The Labute approximate surface area is 77.7 Å². The van der Waals surface area contributed by atoms with Gasteiger partial charge in [-0.05, 0) is 0 Å². The molecule has 0 radical (unpaired) electrons. The number of hydrogen-bond acceptors (Lipinski definition) is 5. The summed E-state index contributed by atoms with van der Waals surface area (Å²) < 4.78 is 0. The van der Waals surface area contributed by atoms with Crippen LogP contribution in [0.5, 0.6) is 0 Å². The molecule has 0 aliphatic heterocycles. The van der Waals surface area contributed by atoms with E-state index in [1.807, 2.05) is 0 Å². The molecule has 3 aromatic heterocycles. The molecule has 3 aromatic rings. The van der Waals surface area contributed by atoms with Gasteiger partial charge in [0.05, 0.1) is 6.33 Å². The monoisotopic (exact) mass is 187 g/mol. The summed E-state index contributed by atoms with van der Waals surface area (Å²) in [6.45, 7) is 0. The number of rotatable bonds is 1. The van der Waals surface area contributed by atoms with Crippen molar-refractivity contribution in [3.05, 3.63) is 19.0 Å². The van der Waals surface area contributed by atoms with Crippen LogP contribution in [0.15, 0.2) is 19.0 Å². The first kappa shape index (κ1) is 7.13. The lowest BCUT2D eigenvalue weighted by molar-refractivity contribution is 1.08. The largest absolute Gasteiger partial charge is 0.329 e. The highest BCUT2D eigenvalue weighted by Crippen LogP contribution is 2.17. The number of nitrogens with zero attached hydrogens (tertiary/aromatic N) is 5. The number of aromatic nitrogens is 7. The molecular formula is C7H5N7. The molecular weight excluding hydrogens is 182 g/mol. The molecule has 0 spiro atoms. The molecule has 0 atom stereocenters.